The van der Waals surface area contributed by atoms with Crippen molar-refractivity contribution in [2.45, 2.75) is 104 Å². The lowest BCUT2D eigenvalue weighted by Crippen LogP contribution is -2.52. The van der Waals surface area contributed by atoms with E-state index >= 15 is 0 Å². The molecule has 0 amide bonds. The minimum atomic E-state index is -3.87. The monoisotopic (exact) mass is 480 g/mol. The summed E-state index contributed by atoms with van der Waals surface area (Å²) in [5, 5.41) is 0. The van der Waals surface area contributed by atoms with Crippen LogP contribution in [0.2, 0.25) is 0 Å². The van der Waals surface area contributed by atoms with Crippen molar-refractivity contribution in [3.63, 3.8) is 0 Å². The highest BCUT2D eigenvalue weighted by molar-refractivity contribution is 7.85. The molecular formula is C25H54NO5S+. The minimum absolute atomic E-state index is 0.134. The Morgan fingerprint density at radius 1 is 0.625 bits per heavy atom. The lowest BCUT2D eigenvalue weighted by atomic mass is 10.1. The van der Waals surface area contributed by atoms with Crippen LogP contribution in [0.4, 0.5) is 0 Å². The molecule has 0 aliphatic heterocycles. The zero-order valence-electron chi connectivity index (χ0n) is 21.5. The Kier molecular flexibility index (Phi) is 21.2. The maximum atomic E-state index is 11.1. The molecule has 194 valence electrons. The molecule has 7 heteroatoms. The van der Waals surface area contributed by atoms with E-state index in [1.165, 1.54) is 77.0 Å². The second-order valence-corrected chi connectivity index (χ2v) is 10.9. The average Bonchev–Trinajstić information content (AvgIpc) is 2.75. The lowest BCUT2D eigenvalue weighted by Gasteiger charge is -2.39. The number of unbranched alkanes of at least 4 members (excludes halogenated alkanes) is 11. The number of ether oxygens (including phenoxy) is 2. The van der Waals surface area contributed by atoms with Gasteiger partial charge in [0.15, 0.2) is 0 Å². The summed E-state index contributed by atoms with van der Waals surface area (Å²) in [6.07, 6.45) is 16.8. The second kappa shape index (κ2) is 21.3. The third kappa shape index (κ3) is 20.4. The first-order valence-corrected chi connectivity index (χ1v) is 14.9. The van der Waals surface area contributed by atoms with Gasteiger partial charge in [-0.05, 0) is 38.5 Å². The van der Waals surface area contributed by atoms with Crippen molar-refractivity contribution >= 4 is 10.1 Å². The van der Waals surface area contributed by atoms with Gasteiger partial charge in [-0.25, -0.2) is 0 Å². The second-order valence-electron chi connectivity index (χ2n) is 9.37. The largest absolute Gasteiger partial charge is 0.382 e. The fourth-order valence-corrected chi connectivity index (χ4v) is 4.93. The summed E-state index contributed by atoms with van der Waals surface area (Å²) in [6.45, 7) is 10.7. The van der Waals surface area contributed by atoms with Crippen molar-refractivity contribution in [2.75, 3.05) is 58.9 Å². The number of methoxy groups -OCH3 is 1. The van der Waals surface area contributed by atoms with E-state index in [0.29, 0.717) is 26.2 Å². The molecule has 6 nitrogen and oxygen atoms in total. The normalized spacial score (nSPS) is 12.5. The highest BCUT2D eigenvalue weighted by Gasteiger charge is 2.26. The predicted molar refractivity (Wildman–Crippen MR) is 135 cm³/mol. The molecule has 32 heavy (non-hydrogen) atoms. The van der Waals surface area contributed by atoms with E-state index in [-0.39, 0.29) is 5.75 Å². The molecule has 0 spiro atoms. The molecule has 0 atom stereocenters. The molecule has 0 aromatic carbocycles. The van der Waals surface area contributed by atoms with E-state index < -0.39 is 10.1 Å². The van der Waals surface area contributed by atoms with Gasteiger partial charge in [0.1, 0.15) is 6.54 Å². The zero-order valence-corrected chi connectivity index (χ0v) is 22.3. The summed E-state index contributed by atoms with van der Waals surface area (Å²) in [7, 11) is -2.18. The summed E-state index contributed by atoms with van der Waals surface area (Å²) >= 11 is 0. The molecule has 0 aromatic heterocycles. The van der Waals surface area contributed by atoms with Gasteiger partial charge in [-0.15, -0.1) is 0 Å². The number of quaternary nitrogens is 1. The summed E-state index contributed by atoms with van der Waals surface area (Å²) in [4.78, 5) is 0. The highest BCUT2D eigenvalue weighted by atomic mass is 32.2. The molecule has 0 heterocycles. The van der Waals surface area contributed by atoms with Gasteiger partial charge < -0.3 is 14.0 Å². The van der Waals surface area contributed by atoms with E-state index in [4.69, 9.17) is 14.0 Å². The van der Waals surface area contributed by atoms with Crippen molar-refractivity contribution in [3.8, 4) is 0 Å². The molecule has 1 N–H and O–H groups in total. The van der Waals surface area contributed by atoms with Crippen LogP contribution in [-0.2, 0) is 19.6 Å². The Balaban J connectivity index is 4.86. The molecule has 0 aliphatic rings. The third-order valence-electron chi connectivity index (χ3n) is 6.40. The molecule has 0 rings (SSSR count). The fraction of sp³-hybridized carbons (Fsp3) is 1.00. The van der Waals surface area contributed by atoms with Crippen LogP contribution in [-0.4, -0.2) is 76.3 Å². The van der Waals surface area contributed by atoms with E-state index in [0.717, 1.165) is 37.1 Å². The van der Waals surface area contributed by atoms with Gasteiger partial charge in [0.25, 0.3) is 10.1 Å². The fourth-order valence-electron chi connectivity index (χ4n) is 4.36. The number of nitrogens with zero attached hydrogens (tertiary/aromatic N) is 1. The van der Waals surface area contributed by atoms with E-state index in [1.807, 2.05) is 0 Å². The average molecular weight is 481 g/mol. The van der Waals surface area contributed by atoms with Crippen LogP contribution in [0.15, 0.2) is 0 Å². The Morgan fingerprint density at radius 3 is 1.56 bits per heavy atom. The first kappa shape index (κ1) is 31.8. The van der Waals surface area contributed by atoms with Crippen LogP contribution in [0, 0.1) is 0 Å². The van der Waals surface area contributed by atoms with Crippen LogP contribution in [0.3, 0.4) is 0 Å². The molecule has 0 aliphatic carbocycles. The highest BCUT2D eigenvalue weighted by Crippen LogP contribution is 2.18. The van der Waals surface area contributed by atoms with Crippen LogP contribution >= 0.6 is 0 Å². The summed E-state index contributed by atoms with van der Waals surface area (Å²) in [6, 6.07) is 0. The van der Waals surface area contributed by atoms with Crippen LogP contribution < -0.4 is 0 Å². The Hall–Kier alpha value is -0.210. The first-order valence-electron chi connectivity index (χ1n) is 13.3. The number of hydrogen-bond acceptors (Lipinski definition) is 4. The predicted octanol–water partition coefficient (Wildman–Crippen LogP) is 5.86. The summed E-state index contributed by atoms with van der Waals surface area (Å²) in [5.41, 5.74) is 0. The van der Waals surface area contributed by atoms with Gasteiger partial charge in [0.05, 0.1) is 45.2 Å². The van der Waals surface area contributed by atoms with E-state index in [1.54, 1.807) is 7.11 Å². The smallest absolute Gasteiger partial charge is 0.264 e. The van der Waals surface area contributed by atoms with E-state index in [2.05, 4.69) is 13.8 Å². The van der Waals surface area contributed by atoms with Crippen LogP contribution in [0.5, 0.6) is 0 Å². The Labute approximate surface area is 199 Å². The molecule has 0 bridgehead atoms. The minimum Gasteiger partial charge on any atom is -0.382 e. The molecule has 0 saturated carbocycles. The third-order valence-corrected chi connectivity index (χ3v) is 7.20. The zero-order chi connectivity index (χ0) is 24.0. The molecule has 0 aromatic rings. The van der Waals surface area contributed by atoms with Gasteiger partial charge in [0.2, 0.25) is 0 Å². The van der Waals surface area contributed by atoms with Crippen molar-refractivity contribution in [3.05, 3.63) is 0 Å². The maximum Gasteiger partial charge on any atom is 0.264 e. The van der Waals surface area contributed by atoms with Crippen molar-refractivity contribution < 1.29 is 26.9 Å². The quantitative estimate of drug-likeness (QED) is 0.101. The number of rotatable bonds is 25. The molecule has 0 radical (unpaired) electrons. The van der Waals surface area contributed by atoms with Crippen molar-refractivity contribution in [1.29, 1.82) is 0 Å². The van der Waals surface area contributed by atoms with Gasteiger partial charge >= 0.3 is 0 Å². The van der Waals surface area contributed by atoms with Crippen molar-refractivity contribution in [1.82, 2.24) is 0 Å². The standard InChI is InChI=1S/C25H53NO5S/c1-4-6-8-10-12-14-18-26(21-22-31-24-23-30-3,19-15-13-11-9-7-5-2)20-16-17-25-32(27,28)29/h4-25H2,1-3H3/p+1. The summed E-state index contributed by atoms with van der Waals surface area (Å²) in [5.74, 6) is -0.134. The topological polar surface area (TPSA) is 72.8 Å². The SMILES string of the molecule is CCCCCCCC[N+](CCCCCCCC)(CCCCS(=O)(=O)O)CCOCCOC. The van der Waals surface area contributed by atoms with Gasteiger partial charge in [-0.3, -0.25) is 4.55 Å². The van der Waals surface area contributed by atoms with Crippen LogP contribution in [0.25, 0.3) is 0 Å². The van der Waals surface area contributed by atoms with Crippen molar-refractivity contribution in [2.24, 2.45) is 0 Å². The number of hydrogen-bond donors (Lipinski definition) is 1. The Morgan fingerprint density at radius 2 is 1.09 bits per heavy atom. The molecular weight excluding hydrogens is 426 g/mol. The first-order chi connectivity index (χ1) is 15.4. The summed E-state index contributed by atoms with van der Waals surface area (Å²) < 4.78 is 43.3. The molecule has 0 saturated heterocycles. The van der Waals surface area contributed by atoms with Crippen LogP contribution in [0.1, 0.15) is 104 Å². The Bertz CT molecular complexity index is 483. The van der Waals surface area contributed by atoms with E-state index in [9.17, 15) is 8.42 Å². The van der Waals surface area contributed by atoms with Gasteiger partial charge in [0, 0.05) is 7.11 Å². The van der Waals surface area contributed by atoms with Gasteiger partial charge in [-0.1, -0.05) is 65.2 Å². The maximum absolute atomic E-state index is 11.1. The molecule has 0 fully saturated rings. The lowest BCUT2D eigenvalue weighted by molar-refractivity contribution is -0.929. The molecule has 0 unspecified atom stereocenters. The van der Waals surface area contributed by atoms with Gasteiger partial charge in [-0.2, -0.15) is 8.42 Å².